The van der Waals surface area contributed by atoms with E-state index >= 15 is 0 Å². The molecule has 37 heavy (non-hydrogen) atoms. The molecule has 3 aromatic rings. The predicted octanol–water partition coefficient (Wildman–Crippen LogP) is 4.43. The largest absolute Gasteiger partial charge is 0.504 e. The molecular formula is C28H34O9. The molecule has 0 saturated heterocycles. The quantitative estimate of drug-likeness (QED) is 0.302. The molecule has 3 rings (SSSR count). The minimum absolute atomic E-state index is 0.346. The second kappa shape index (κ2) is 12.2. The molecule has 0 fully saturated rings. The average molecular weight is 515 g/mol. The van der Waals surface area contributed by atoms with Crippen molar-refractivity contribution in [1.82, 2.24) is 0 Å². The van der Waals surface area contributed by atoms with Gasteiger partial charge in [-0.2, -0.15) is 0 Å². The first-order valence-corrected chi connectivity index (χ1v) is 11.6. The van der Waals surface area contributed by atoms with Crippen molar-refractivity contribution in [2.24, 2.45) is 0 Å². The highest BCUT2D eigenvalue weighted by molar-refractivity contribution is 5.59. The van der Waals surface area contributed by atoms with Crippen LogP contribution >= 0.6 is 0 Å². The fourth-order valence-electron chi connectivity index (χ4n) is 4.26. The molecule has 200 valence electrons. The van der Waals surface area contributed by atoms with E-state index in [0.717, 1.165) is 11.1 Å². The number of ether oxygens (including phenoxy) is 6. The molecule has 0 spiro atoms. The van der Waals surface area contributed by atoms with Gasteiger partial charge in [-0.3, -0.25) is 0 Å². The molecule has 0 aliphatic rings. The number of benzene rings is 3. The zero-order valence-corrected chi connectivity index (χ0v) is 22.0. The normalized spacial score (nSPS) is 10.6. The van der Waals surface area contributed by atoms with Crippen molar-refractivity contribution in [3.05, 3.63) is 52.6 Å². The SMILES string of the molecule is COc1cc(CCc2cc(CCc3cc(OC)c(OC)c(OC)c3)c(O)c(O)c2O)cc(OC)c1OC. The van der Waals surface area contributed by atoms with Crippen molar-refractivity contribution in [2.75, 3.05) is 42.7 Å². The van der Waals surface area contributed by atoms with Crippen molar-refractivity contribution < 1.29 is 43.7 Å². The summed E-state index contributed by atoms with van der Waals surface area (Å²) < 4.78 is 32.4. The van der Waals surface area contributed by atoms with Crippen LogP contribution in [-0.2, 0) is 25.7 Å². The fourth-order valence-corrected chi connectivity index (χ4v) is 4.26. The molecule has 0 aliphatic heterocycles. The van der Waals surface area contributed by atoms with E-state index in [0.29, 0.717) is 71.3 Å². The Morgan fingerprint density at radius 1 is 0.432 bits per heavy atom. The third-order valence-corrected chi connectivity index (χ3v) is 6.22. The van der Waals surface area contributed by atoms with Crippen LogP contribution in [0.25, 0.3) is 0 Å². The monoisotopic (exact) mass is 514 g/mol. The second-order valence-corrected chi connectivity index (χ2v) is 8.31. The Morgan fingerprint density at radius 3 is 1.03 bits per heavy atom. The number of rotatable bonds is 12. The molecule has 0 radical (unpaired) electrons. The third-order valence-electron chi connectivity index (χ3n) is 6.22. The zero-order chi connectivity index (χ0) is 27.1. The molecule has 0 amide bonds. The molecule has 0 saturated carbocycles. The van der Waals surface area contributed by atoms with E-state index in [2.05, 4.69) is 0 Å². The molecular weight excluding hydrogens is 480 g/mol. The van der Waals surface area contributed by atoms with Crippen LogP contribution in [-0.4, -0.2) is 58.0 Å². The van der Waals surface area contributed by atoms with Gasteiger partial charge in [0.25, 0.3) is 0 Å². The van der Waals surface area contributed by atoms with Gasteiger partial charge in [-0.05, 0) is 78.3 Å². The van der Waals surface area contributed by atoms with Gasteiger partial charge >= 0.3 is 0 Å². The number of aromatic hydroxyl groups is 3. The predicted molar refractivity (Wildman–Crippen MR) is 138 cm³/mol. The summed E-state index contributed by atoms with van der Waals surface area (Å²) in [6.45, 7) is 0. The average Bonchev–Trinajstić information content (AvgIpc) is 2.93. The number of methoxy groups -OCH3 is 6. The zero-order valence-electron chi connectivity index (χ0n) is 22.0. The summed E-state index contributed by atoms with van der Waals surface area (Å²) in [6.07, 6.45) is 1.83. The van der Waals surface area contributed by atoms with Crippen LogP contribution in [0, 0.1) is 0 Å². The maximum Gasteiger partial charge on any atom is 0.203 e. The van der Waals surface area contributed by atoms with E-state index in [9.17, 15) is 15.3 Å². The van der Waals surface area contributed by atoms with Crippen LogP contribution in [0.3, 0.4) is 0 Å². The maximum atomic E-state index is 10.5. The summed E-state index contributed by atoms with van der Waals surface area (Å²) in [5.41, 5.74) is 2.79. The van der Waals surface area contributed by atoms with Crippen molar-refractivity contribution in [2.45, 2.75) is 25.7 Å². The second-order valence-electron chi connectivity index (χ2n) is 8.31. The minimum Gasteiger partial charge on any atom is -0.504 e. The van der Waals surface area contributed by atoms with Gasteiger partial charge < -0.3 is 43.7 Å². The van der Waals surface area contributed by atoms with E-state index in [1.54, 1.807) is 34.5 Å². The third kappa shape index (κ3) is 5.82. The summed E-state index contributed by atoms with van der Waals surface area (Å²) in [7, 11) is 9.26. The van der Waals surface area contributed by atoms with E-state index in [1.807, 2.05) is 24.3 Å². The molecule has 0 aliphatic carbocycles. The highest BCUT2D eigenvalue weighted by atomic mass is 16.5. The summed E-state index contributed by atoms with van der Waals surface area (Å²) in [5, 5.41) is 31.5. The number of aryl methyl sites for hydroxylation is 4. The Hall–Kier alpha value is -4.14. The first kappa shape index (κ1) is 27.4. The van der Waals surface area contributed by atoms with Crippen LogP contribution in [0.2, 0.25) is 0 Å². The molecule has 0 bridgehead atoms. The van der Waals surface area contributed by atoms with Crippen molar-refractivity contribution in [3.63, 3.8) is 0 Å². The molecule has 0 aromatic heterocycles. The van der Waals surface area contributed by atoms with Crippen LogP contribution in [0.1, 0.15) is 22.3 Å². The topological polar surface area (TPSA) is 116 Å². The lowest BCUT2D eigenvalue weighted by molar-refractivity contribution is 0.324. The van der Waals surface area contributed by atoms with Gasteiger partial charge in [0.1, 0.15) is 0 Å². The van der Waals surface area contributed by atoms with Crippen molar-refractivity contribution >= 4 is 0 Å². The molecule has 0 heterocycles. The van der Waals surface area contributed by atoms with E-state index in [1.165, 1.54) is 14.2 Å². The lowest BCUT2D eigenvalue weighted by atomic mass is 9.96. The number of hydrogen-bond acceptors (Lipinski definition) is 9. The van der Waals surface area contributed by atoms with Gasteiger partial charge in [0.15, 0.2) is 34.5 Å². The Bertz CT molecular complexity index is 1100. The molecule has 9 nitrogen and oxygen atoms in total. The van der Waals surface area contributed by atoms with Crippen molar-refractivity contribution in [3.8, 4) is 51.7 Å². The standard InChI is InChI=1S/C28H34O9/c1-32-20-11-16(12-21(33-2)27(20)36-5)7-9-18-15-19(25(30)26(31)24(18)29)10-8-17-13-22(34-3)28(37-6)23(14-17)35-4/h11-15,29-31H,7-10H2,1-6H3. The Balaban J connectivity index is 1.85. The van der Waals surface area contributed by atoms with E-state index in [4.69, 9.17) is 28.4 Å². The summed E-state index contributed by atoms with van der Waals surface area (Å²) in [6, 6.07) is 9.06. The Morgan fingerprint density at radius 2 is 0.757 bits per heavy atom. The van der Waals surface area contributed by atoms with Gasteiger partial charge in [0, 0.05) is 0 Å². The van der Waals surface area contributed by atoms with Gasteiger partial charge in [0.05, 0.1) is 42.7 Å². The molecule has 0 unspecified atom stereocenters. The number of hydrogen-bond donors (Lipinski definition) is 3. The molecule has 3 aromatic carbocycles. The Kier molecular flexibility index (Phi) is 9.05. The lowest BCUT2D eigenvalue weighted by Crippen LogP contribution is -2.01. The maximum absolute atomic E-state index is 10.5. The molecule has 3 N–H and O–H groups in total. The van der Waals surface area contributed by atoms with Crippen LogP contribution < -0.4 is 28.4 Å². The van der Waals surface area contributed by atoms with Crippen LogP contribution in [0.15, 0.2) is 30.3 Å². The summed E-state index contributed by atoms with van der Waals surface area (Å²) >= 11 is 0. The molecule has 9 heteroatoms. The van der Waals surface area contributed by atoms with Crippen LogP contribution in [0.5, 0.6) is 51.7 Å². The minimum atomic E-state index is -0.540. The van der Waals surface area contributed by atoms with Crippen molar-refractivity contribution in [1.29, 1.82) is 0 Å². The fraction of sp³-hybridized carbons (Fsp3) is 0.357. The number of phenolic OH excluding ortho intramolecular Hbond substituents is 3. The highest BCUT2D eigenvalue weighted by Crippen LogP contribution is 2.43. The van der Waals surface area contributed by atoms with E-state index in [-0.39, 0.29) is 11.5 Å². The van der Waals surface area contributed by atoms with Gasteiger partial charge in [-0.15, -0.1) is 0 Å². The highest BCUT2D eigenvalue weighted by Gasteiger charge is 2.19. The first-order chi connectivity index (χ1) is 17.8. The number of phenols is 3. The molecule has 0 atom stereocenters. The van der Waals surface area contributed by atoms with E-state index < -0.39 is 5.75 Å². The summed E-state index contributed by atoms with van der Waals surface area (Å²) in [4.78, 5) is 0. The Labute approximate surface area is 216 Å². The first-order valence-electron chi connectivity index (χ1n) is 11.6. The van der Waals surface area contributed by atoms with Gasteiger partial charge in [0.2, 0.25) is 17.2 Å². The lowest BCUT2D eigenvalue weighted by Gasteiger charge is -2.16. The van der Waals surface area contributed by atoms with Crippen LogP contribution in [0.4, 0.5) is 0 Å². The van der Waals surface area contributed by atoms with Gasteiger partial charge in [-0.25, -0.2) is 0 Å². The smallest absolute Gasteiger partial charge is 0.203 e. The van der Waals surface area contributed by atoms with Gasteiger partial charge in [-0.1, -0.05) is 0 Å². The summed E-state index contributed by atoms with van der Waals surface area (Å²) in [5.74, 6) is 1.87.